The number of rotatable bonds is 4. The lowest BCUT2D eigenvalue weighted by atomic mass is 9.77. The molecule has 1 fully saturated rings. The van der Waals surface area contributed by atoms with Gasteiger partial charge in [0.25, 0.3) is 0 Å². The molecular weight excluding hydrogens is 234 g/mol. The average Bonchev–Trinajstić information content (AvgIpc) is 2.44. The monoisotopic (exact) mass is 253 g/mol. The fourth-order valence-corrected chi connectivity index (χ4v) is 2.59. The Morgan fingerprint density at radius 1 is 0.947 bits per heavy atom. The largest absolute Gasteiger partial charge is 0.294 e. The van der Waals surface area contributed by atoms with Crippen LogP contribution in [0.15, 0.2) is 60.7 Å². The molecule has 0 aliphatic carbocycles. The van der Waals surface area contributed by atoms with Crippen LogP contribution in [0.2, 0.25) is 0 Å². The summed E-state index contributed by atoms with van der Waals surface area (Å²) >= 11 is 0. The van der Waals surface area contributed by atoms with Gasteiger partial charge in [-0.25, -0.2) is 0 Å². The van der Waals surface area contributed by atoms with E-state index >= 15 is 0 Å². The summed E-state index contributed by atoms with van der Waals surface area (Å²) < 4.78 is 0. The standard InChI is InChI=1S/C17H19NO/c1-17(16-10-6-3-7-11-16)13-18(14-17)19-12-15-8-4-2-5-9-15/h2-11H,12-14H2,1H3. The van der Waals surface area contributed by atoms with Crippen LogP contribution in [0, 0.1) is 0 Å². The third-order valence-corrected chi connectivity index (χ3v) is 3.78. The molecular formula is C17H19NO. The zero-order chi connectivity index (χ0) is 13.1. The van der Waals surface area contributed by atoms with Crippen molar-refractivity contribution < 1.29 is 4.84 Å². The first-order valence-electron chi connectivity index (χ1n) is 6.74. The van der Waals surface area contributed by atoms with Gasteiger partial charge in [-0.1, -0.05) is 67.6 Å². The van der Waals surface area contributed by atoms with Gasteiger partial charge in [0, 0.05) is 18.5 Å². The summed E-state index contributed by atoms with van der Waals surface area (Å²) in [6, 6.07) is 21.0. The highest BCUT2D eigenvalue weighted by Crippen LogP contribution is 2.34. The first-order valence-corrected chi connectivity index (χ1v) is 6.74. The van der Waals surface area contributed by atoms with Crippen LogP contribution in [0.4, 0.5) is 0 Å². The first-order chi connectivity index (χ1) is 9.26. The molecule has 19 heavy (non-hydrogen) atoms. The molecule has 98 valence electrons. The molecule has 0 atom stereocenters. The maximum absolute atomic E-state index is 5.81. The van der Waals surface area contributed by atoms with Gasteiger partial charge in [0.05, 0.1) is 6.61 Å². The number of hydrogen-bond acceptors (Lipinski definition) is 2. The van der Waals surface area contributed by atoms with Crippen LogP contribution >= 0.6 is 0 Å². The van der Waals surface area contributed by atoms with Crippen molar-refractivity contribution in [3.63, 3.8) is 0 Å². The average molecular weight is 253 g/mol. The maximum atomic E-state index is 5.81. The zero-order valence-electron chi connectivity index (χ0n) is 11.3. The fraction of sp³-hybridized carbons (Fsp3) is 0.294. The Kier molecular flexibility index (Phi) is 3.36. The van der Waals surface area contributed by atoms with E-state index in [9.17, 15) is 0 Å². The molecule has 1 saturated heterocycles. The van der Waals surface area contributed by atoms with Gasteiger partial charge in [0.15, 0.2) is 0 Å². The van der Waals surface area contributed by atoms with Crippen LogP contribution in [0.3, 0.4) is 0 Å². The predicted molar refractivity (Wildman–Crippen MR) is 76.6 cm³/mol. The van der Waals surface area contributed by atoms with Gasteiger partial charge in [-0.15, -0.1) is 0 Å². The highest BCUT2D eigenvalue weighted by Gasteiger charge is 2.40. The summed E-state index contributed by atoms with van der Waals surface area (Å²) in [5.41, 5.74) is 2.85. The minimum atomic E-state index is 0.234. The third kappa shape index (κ3) is 2.70. The summed E-state index contributed by atoms with van der Waals surface area (Å²) in [4.78, 5) is 5.81. The Labute approximate surface area is 114 Å². The summed E-state index contributed by atoms with van der Waals surface area (Å²) in [6.45, 7) is 4.88. The molecule has 0 radical (unpaired) electrons. The molecule has 2 nitrogen and oxygen atoms in total. The molecule has 2 heteroatoms. The molecule has 2 aromatic rings. The quantitative estimate of drug-likeness (QED) is 0.828. The molecule has 3 rings (SSSR count). The van der Waals surface area contributed by atoms with Crippen molar-refractivity contribution in [2.75, 3.05) is 13.1 Å². The van der Waals surface area contributed by atoms with E-state index in [0.717, 1.165) is 13.1 Å². The minimum Gasteiger partial charge on any atom is -0.294 e. The molecule has 2 aromatic carbocycles. The SMILES string of the molecule is CC1(c2ccccc2)CN(OCc2ccccc2)C1. The lowest BCUT2D eigenvalue weighted by molar-refractivity contribution is -0.234. The Morgan fingerprint density at radius 2 is 1.53 bits per heavy atom. The second kappa shape index (κ2) is 5.16. The molecule has 0 N–H and O–H groups in total. The van der Waals surface area contributed by atoms with Crippen molar-refractivity contribution in [2.24, 2.45) is 0 Å². The molecule has 0 unspecified atom stereocenters. The van der Waals surface area contributed by atoms with E-state index in [0.29, 0.717) is 6.61 Å². The lowest BCUT2D eigenvalue weighted by Gasteiger charge is -2.47. The van der Waals surface area contributed by atoms with Crippen molar-refractivity contribution in [3.8, 4) is 0 Å². The third-order valence-electron chi connectivity index (χ3n) is 3.78. The molecule has 1 aliphatic heterocycles. The smallest absolute Gasteiger partial charge is 0.0935 e. The van der Waals surface area contributed by atoms with Crippen molar-refractivity contribution in [1.82, 2.24) is 5.06 Å². The zero-order valence-corrected chi connectivity index (χ0v) is 11.3. The second-order valence-electron chi connectivity index (χ2n) is 5.48. The van der Waals surface area contributed by atoms with E-state index in [2.05, 4.69) is 54.5 Å². The van der Waals surface area contributed by atoms with Gasteiger partial charge < -0.3 is 0 Å². The van der Waals surface area contributed by atoms with Crippen LogP contribution in [0.1, 0.15) is 18.1 Å². The topological polar surface area (TPSA) is 12.5 Å². The summed E-state index contributed by atoms with van der Waals surface area (Å²) in [6.07, 6.45) is 0. The maximum Gasteiger partial charge on any atom is 0.0935 e. The van der Waals surface area contributed by atoms with Crippen molar-refractivity contribution in [3.05, 3.63) is 71.8 Å². The molecule has 1 heterocycles. The highest BCUT2D eigenvalue weighted by atomic mass is 16.7. The minimum absolute atomic E-state index is 0.234. The molecule has 1 aliphatic rings. The molecule has 0 saturated carbocycles. The Balaban J connectivity index is 1.53. The van der Waals surface area contributed by atoms with Crippen molar-refractivity contribution in [2.45, 2.75) is 18.9 Å². The molecule has 0 aromatic heterocycles. The van der Waals surface area contributed by atoms with Gasteiger partial charge in [-0.3, -0.25) is 4.84 Å². The Bertz CT molecular complexity index is 517. The summed E-state index contributed by atoms with van der Waals surface area (Å²) in [5, 5.41) is 2.06. The number of hydroxylamine groups is 2. The Hall–Kier alpha value is -1.64. The van der Waals surface area contributed by atoms with Gasteiger partial charge in [-0.05, 0) is 11.1 Å². The van der Waals surface area contributed by atoms with E-state index < -0.39 is 0 Å². The van der Waals surface area contributed by atoms with Crippen LogP contribution in [-0.2, 0) is 16.9 Å². The van der Waals surface area contributed by atoms with Gasteiger partial charge >= 0.3 is 0 Å². The van der Waals surface area contributed by atoms with E-state index in [1.807, 2.05) is 18.2 Å². The number of hydrogen-bond donors (Lipinski definition) is 0. The predicted octanol–water partition coefficient (Wildman–Crippen LogP) is 3.39. The molecule has 0 spiro atoms. The molecule has 0 amide bonds. The van der Waals surface area contributed by atoms with E-state index in [1.165, 1.54) is 11.1 Å². The van der Waals surface area contributed by atoms with E-state index in [-0.39, 0.29) is 5.41 Å². The van der Waals surface area contributed by atoms with Crippen LogP contribution in [0.25, 0.3) is 0 Å². The van der Waals surface area contributed by atoms with Crippen LogP contribution < -0.4 is 0 Å². The fourth-order valence-electron chi connectivity index (χ4n) is 2.59. The van der Waals surface area contributed by atoms with Gasteiger partial charge in [0.1, 0.15) is 0 Å². The second-order valence-corrected chi connectivity index (χ2v) is 5.48. The van der Waals surface area contributed by atoms with Crippen LogP contribution in [-0.4, -0.2) is 18.2 Å². The Morgan fingerprint density at radius 3 is 2.16 bits per heavy atom. The van der Waals surface area contributed by atoms with Gasteiger partial charge in [-0.2, -0.15) is 5.06 Å². The normalized spacial score (nSPS) is 17.9. The summed E-state index contributed by atoms with van der Waals surface area (Å²) in [7, 11) is 0. The van der Waals surface area contributed by atoms with Crippen LogP contribution in [0.5, 0.6) is 0 Å². The van der Waals surface area contributed by atoms with Crippen molar-refractivity contribution >= 4 is 0 Å². The lowest BCUT2D eigenvalue weighted by Crippen LogP contribution is -2.57. The summed E-state index contributed by atoms with van der Waals surface area (Å²) in [5.74, 6) is 0. The van der Waals surface area contributed by atoms with Gasteiger partial charge in [0.2, 0.25) is 0 Å². The number of benzene rings is 2. The first kappa shape index (κ1) is 12.4. The van der Waals surface area contributed by atoms with E-state index in [1.54, 1.807) is 0 Å². The number of nitrogens with zero attached hydrogens (tertiary/aromatic N) is 1. The van der Waals surface area contributed by atoms with E-state index in [4.69, 9.17) is 4.84 Å². The highest BCUT2D eigenvalue weighted by molar-refractivity contribution is 5.28. The molecule has 0 bridgehead atoms. The van der Waals surface area contributed by atoms with Crippen molar-refractivity contribution in [1.29, 1.82) is 0 Å².